The van der Waals surface area contributed by atoms with E-state index in [9.17, 15) is 14.4 Å². The molecule has 0 aliphatic rings. The summed E-state index contributed by atoms with van der Waals surface area (Å²) in [5.74, 6) is -1.42. The van der Waals surface area contributed by atoms with Crippen molar-refractivity contribution in [1.29, 1.82) is 0 Å². The maximum absolute atomic E-state index is 11.5. The van der Waals surface area contributed by atoms with Crippen LogP contribution < -0.4 is 21.5 Å². The zero-order valence-corrected chi connectivity index (χ0v) is 15.0. The second-order valence-corrected chi connectivity index (χ2v) is 5.95. The molecule has 148 valence electrons. The second-order valence-electron chi connectivity index (χ2n) is 5.95. The van der Waals surface area contributed by atoms with E-state index in [2.05, 4.69) is 10.4 Å². The standard InChI is InChI=1S/C19H17N5O5/c20-18(27)17-15(22-19(21)28)9-24(23-17)13-6-4-11(5-7-13)12-2-1-3-14(8-12)29-10-16(25)26/h1-9H,10H2,(H2,20,27)(H,25,26)(H3,21,22,28). The lowest BCUT2D eigenvalue weighted by Crippen LogP contribution is -2.22. The van der Waals surface area contributed by atoms with Gasteiger partial charge in [-0.3, -0.25) is 4.79 Å². The number of hydrogen-bond acceptors (Lipinski definition) is 5. The summed E-state index contributed by atoms with van der Waals surface area (Å²) in [4.78, 5) is 33.2. The van der Waals surface area contributed by atoms with Gasteiger partial charge in [-0.25, -0.2) is 14.3 Å². The van der Waals surface area contributed by atoms with Crippen LogP contribution in [0.5, 0.6) is 5.75 Å². The Morgan fingerprint density at radius 3 is 2.41 bits per heavy atom. The van der Waals surface area contributed by atoms with Crippen LogP contribution in [0, 0.1) is 0 Å². The van der Waals surface area contributed by atoms with Gasteiger partial charge in [0.25, 0.3) is 5.91 Å². The Labute approximate surface area is 164 Å². The fraction of sp³-hybridized carbons (Fsp3) is 0.0526. The lowest BCUT2D eigenvalue weighted by molar-refractivity contribution is -0.139. The Morgan fingerprint density at radius 2 is 1.79 bits per heavy atom. The quantitative estimate of drug-likeness (QED) is 0.475. The van der Waals surface area contributed by atoms with Gasteiger partial charge in [-0.05, 0) is 35.4 Å². The number of carbonyl (C=O) groups is 3. The summed E-state index contributed by atoms with van der Waals surface area (Å²) in [6, 6.07) is 13.3. The van der Waals surface area contributed by atoms with Gasteiger partial charge in [-0.1, -0.05) is 24.3 Å². The van der Waals surface area contributed by atoms with Crippen LogP contribution in [0.1, 0.15) is 10.5 Å². The van der Waals surface area contributed by atoms with Gasteiger partial charge in [0.15, 0.2) is 12.3 Å². The molecule has 6 N–H and O–H groups in total. The van der Waals surface area contributed by atoms with Crippen LogP contribution in [0.3, 0.4) is 0 Å². The van der Waals surface area contributed by atoms with Gasteiger partial charge in [-0.2, -0.15) is 5.10 Å². The van der Waals surface area contributed by atoms with E-state index in [1.54, 1.807) is 30.3 Å². The fourth-order valence-electron chi connectivity index (χ4n) is 2.63. The van der Waals surface area contributed by atoms with E-state index in [-0.39, 0.29) is 11.4 Å². The van der Waals surface area contributed by atoms with Crippen molar-refractivity contribution in [1.82, 2.24) is 9.78 Å². The van der Waals surface area contributed by atoms with Crippen molar-refractivity contribution in [2.45, 2.75) is 0 Å². The van der Waals surface area contributed by atoms with Gasteiger partial charge in [0.05, 0.1) is 17.6 Å². The smallest absolute Gasteiger partial charge is 0.341 e. The second kappa shape index (κ2) is 8.13. The molecule has 0 bridgehead atoms. The molecule has 0 fully saturated rings. The first-order valence-electron chi connectivity index (χ1n) is 8.35. The van der Waals surface area contributed by atoms with Crippen molar-refractivity contribution in [2.75, 3.05) is 11.9 Å². The summed E-state index contributed by atoms with van der Waals surface area (Å²) in [6.45, 7) is -0.425. The Balaban J connectivity index is 1.85. The highest BCUT2D eigenvalue weighted by Crippen LogP contribution is 2.25. The maximum atomic E-state index is 11.5. The Morgan fingerprint density at radius 1 is 1.07 bits per heavy atom. The molecule has 0 aliphatic heterocycles. The van der Waals surface area contributed by atoms with Crippen LogP contribution >= 0.6 is 0 Å². The summed E-state index contributed by atoms with van der Waals surface area (Å²) >= 11 is 0. The maximum Gasteiger partial charge on any atom is 0.341 e. The minimum absolute atomic E-state index is 0.109. The fourth-order valence-corrected chi connectivity index (χ4v) is 2.63. The van der Waals surface area contributed by atoms with Gasteiger partial charge < -0.3 is 26.6 Å². The minimum Gasteiger partial charge on any atom is -0.482 e. The summed E-state index contributed by atoms with van der Waals surface area (Å²) < 4.78 is 6.58. The van der Waals surface area contributed by atoms with E-state index in [0.29, 0.717) is 11.4 Å². The number of nitrogens with two attached hydrogens (primary N) is 2. The number of nitrogens with one attached hydrogen (secondary N) is 1. The molecule has 0 aliphatic carbocycles. The average molecular weight is 395 g/mol. The molecule has 2 aromatic carbocycles. The molecule has 0 atom stereocenters. The number of carboxylic acid groups (broad SMARTS) is 1. The Hall–Kier alpha value is -4.34. The van der Waals surface area contributed by atoms with Gasteiger partial charge in [0.2, 0.25) is 0 Å². The molecule has 3 amide bonds. The molecule has 10 heteroatoms. The van der Waals surface area contributed by atoms with Crippen LogP contribution in [0.25, 0.3) is 16.8 Å². The summed E-state index contributed by atoms with van der Waals surface area (Å²) in [5, 5.41) is 15.1. The minimum atomic E-state index is -1.06. The SMILES string of the molecule is NC(=O)Nc1cn(-c2ccc(-c3cccc(OCC(=O)O)c3)cc2)nc1C(N)=O. The molecular formula is C19H17N5O5. The highest BCUT2D eigenvalue weighted by molar-refractivity contribution is 6.00. The summed E-state index contributed by atoms with van der Waals surface area (Å²) in [5.41, 5.74) is 12.7. The van der Waals surface area contributed by atoms with Crippen molar-refractivity contribution in [2.24, 2.45) is 11.5 Å². The number of carbonyl (C=O) groups excluding carboxylic acids is 2. The van der Waals surface area contributed by atoms with E-state index in [1.807, 2.05) is 18.2 Å². The summed E-state index contributed by atoms with van der Waals surface area (Å²) in [7, 11) is 0. The normalized spacial score (nSPS) is 10.3. The largest absolute Gasteiger partial charge is 0.482 e. The van der Waals surface area contributed by atoms with Crippen LogP contribution in [-0.2, 0) is 4.79 Å². The predicted octanol–water partition coefficient (Wildman–Crippen LogP) is 1.59. The zero-order valence-electron chi connectivity index (χ0n) is 15.0. The first-order chi connectivity index (χ1) is 13.8. The zero-order chi connectivity index (χ0) is 21.0. The van der Waals surface area contributed by atoms with Crippen LogP contribution in [0.2, 0.25) is 0 Å². The number of aromatic nitrogens is 2. The number of primary amides is 2. The van der Waals surface area contributed by atoms with Gasteiger partial charge in [0.1, 0.15) is 5.75 Å². The number of rotatable bonds is 7. The molecule has 0 radical (unpaired) electrons. The number of anilines is 1. The number of carboxylic acids is 1. The first kappa shape index (κ1) is 19.4. The monoisotopic (exact) mass is 395 g/mol. The van der Waals surface area contributed by atoms with Crippen LogP contribution in [0.4, 0.5) is 10.5 Å². The highest BCUT2D eigenvalue weighted by Gasteiger charge is 2.16. The van der Waals surface area contributed by atoms with Crippen molar-refractivity contribution < 1.29 is 24.2 Å². The molecule has 0 saturated heterocycles. The number of aliphatic carboxylic acids is 1. The number of benzene rings is 2. The Bertz CT molecular complexity index is 1070. The number of urea groups is 1. The van der Waals surface area contributed by atoms with Crippen molar-refractivity contribution >= 4 is 23.6 Å². The molecule has 1 heterocycles. The molecular weight excluding hydrogens is 378 g/mol. The number of amides is 3. The third-order valence-corrected chi connectivity index (χ3v) is 3.87. The van der Waals surface area contributed by atoms with Gasteiger partial charge >= 0.3 is 12.0 Å². The molecule has 29 heavy (non-hydrogen) atoms. The topological polar surface area (TPSA) is 163 Å². The third kappa shape index (κ3) is 4.69. The van der Waals surface area contributed by atoms with Gasteiger partial charge in [-0.15, -0.1) is 0 Å². The molecule has 3 aromatic rings. The molecule has 0 unspecified atom stereocenters. The van der Waals surface area contributed by atoms with Gasteiger partial charge in [0, 0.05) is 0 Å². The van der Waals surface area contributed by atoms with E-state index in [1.165, 1.54) is 10.9 Å². The Kier molecular flexibility index (Phi) is 5.44. The molecule has 1 aromatic heterocycles. The number of nitrogens with zero attached hydrogens (tertiary/aromatic N) is 2. The van der Waals surface area contributed by atoms with Crippen molar-refractivity contribution in [3.8, 4) is 22.6 Å². The van der Waals surface area contributed by atoms with E-state index >= 15 is 0 Å². The molecule has 0 spiro atoms. The van der Waals surface area contributed by atoms with Crippen LogP contribution in [-0.4, -0.2) is 39.4 Å². The predicted molar refractivity (Wildman–Crippen MR) is 104 cm³/mol. The number of hydrogen-bond donors (Lipinski definition) is 4. The number of ether oxygens (including phenoxy) is 1. The van der Waals surface area contributed by atoms with E-state index < -0.39 is 24.5 Å². The van der Waals surface area contributed by atoms with Crippen molar-refractivity contribution in [3.05, 3.63) is 60.4 Å². The van der Waals surface area contributed by atoms with E-state index in [4.69, 9.17) is 21.3 Å². The summed E-state index contributed by atoms with van der Waals surface area (Å²) in [6.07, 6.45) is 1.43. The van der Waals surface area contributed by atoms with Crippen LogP contribution in [0.15, 0.2) is 54.7 Å². The lowest BCUT2D eigenvalue weighted by Gasteiger charge is -2.07. The molecule has 10 nitrogen and oxygen atoms in total. The molecule has 0 saturated carbocycles. The first-order valence-corrected chi connectivity index (χ1v) is 8.35. The van der Waals surface area contributed by atoms with Crippen molar-refractivity contribution in [3.63, 3.8) is 0 Å². The molecule has 3 rings (SSSR count). The third-order valence-electron chi connectivity index (χ3n) is 3.87. The van der Waals surface area contributed by atoms with E-state index in [0.717, 1.165) is 11.1 Å². The lowest BCUT2D eigenvalue weighted by atomic mass is 10.1. The average Bonchev–Trinajstić information content (AvgIpc) is 3.10. The highest BCUT2D eigenvalue weighted by atomic mass is 16.5.